The molecule has 1 saturated carbocycles. The van der Waals surface area contributed by atoms with E-state index in [0.717, 1.165) is 37.1 Å². The molecule has 1 saturated heterocycles. The van der Waals surface area contributed by atoms with E-state index in [1.165, 1.54) is 31.6 Å². The molecule has 1 aliphatic carbocycles. The van der Waals surface area contributed by atoms with Crippen LogP contribution >= 0.6 is 0 Å². The number of hydrogen-bond acceptors (Lipinski definition) is 8. The van der Waals surface area contributed by atoms with E-state index in [2.05, 4.69) is 41.5 Å². The molecule has 46 heavy (non-hydrogen) atoms. The van der Waals surface area contributed by atoms with E-state index in [4.69, 9.17) is 9.84 Å². The summed E-state index contributed by atoms with van der Waals surface area (Å²) < 4.78 is 5.29. The van der Waals surface area contributed by atoms with Crippen molar-refractivity contribution in [1.82, 2.24) is 15.5 Å². The van der Waals surface area contributed by atoms with Crippen molar-refractivity contribution in [2.45, 2.75) is 64.9 Å². The molecule has 5 amide bonds. The van der Waals surface area contributed by atoms with Crippen molar-refractivity contribution in [2.24, 2.45) is 17.3 Å². The number of phenolic OH excluding ortho intramolecular Hbond substituents is 1. The fourth-order valence-corrected chi connectivity index (χ4v) is 5.91. The Morgan fingerprint density at radius 1 is 1.11 bits per heavy atom. The molecule has 4 rings (SSSR count). The molecule has 0 unspecified atom stereocenters. The molecule has 11 heteroatoms. The summed E-state index contributed by atoms with van der Waals surface area (Å²) in [6.45, 7) is 9.75. The van der Waals surface area contributed by atoms with E-state index in [1.54, 1.807) is 19.2 Å². The number of carbonyl (C=O) groups is 4. The summed E-state index contributed by atoms with van der Waals surface area (Å²) in [6.07, 6.45) is 6.39. The number of urea groups is 1. The van der Waals surface area contributed by atoms with Crippen molar-refractivity contribution in [3.05, 3.63) is 66.7 Å². The predicted molar refractivity (Wildman–Crippen MR) is 178 cm³/mol. The van der Waals surface area contributed by atoms with Crippen LogP contribution < -0.4 is 20.7 Å². The number of carbonyl (C=O) groups excluding carboxylic acids is 4. The largest absolute Gasteiger partial charge is 0.508 e. The third-order valence-corrected chi connectivity index (χ3v) is 7.95. The number of methoxy groups -OCH3 is 1. The number of rotatable bonds is 9. The summed E-state index contributed by atoms with van der Waals surface area (Å²) in [4.78, 5) is 47.3. The van der Waals surface area contributed by atoms with Crippen molar-refractivity contribution in [3.63, 3.8) is 0 Å². The van der Waals surface area contributed by atoms with Crippen molar-refractivity contribution in [1.29, 1.82) is 0 Å². The summed E-state index contributed by atoms with van der Waals surface area (Å²) >= 11 is 0. The topological polar surface area (TPSA) is 157 Å². The number of allylic oxidation sites excluding steroid dienone is 1. The van der Waals surface area contributed by atoms with Gasteiger partial charge >= 0.3 is 6.03 Å². The summed E-state index contributed by atoms with van der Waals surface area (Å²) in [6, 6.07) is 13.5. The van der Waals surface area contributed by atoms with E-state index in [1.807, 2.05) is 38.1 Å². The number of anilines is 1. The molecule has 0 bridgehead atoms. The van der Waals surface area contributed by atoms with Gasteiger partial charge in [-0.15, -0.1) is 6.58 Å². The van der Waals surface area contributed by atoms with E-state index in [-0.39, 0.29) is 24.0 Å². The highest BCUT2D eigenvalue weighted by Gasteiger charge is 2.49. The molecule has 2 aliphatic rings. The number of aromatic hydroxyl groups is 1. The zero-order valence-corrected chi connectivity index (χ0v) is 27.9. The zero-order chi connectivity index (χ0) is 34.5. The van der Waals surface area contributed by atoms with Gasteiger partial charge in [0.1, 0.15) is 16.9 Å². The van der Waals surface area contributed by atoms with Crippen LogP contribution in [0.25, 0.3) is 0 Å². The van der Waals surface area contributed by atoms with Crippen molar-refractivity contribution < 1.29 is 34.1 Å². The van der Waals surface area contributed by atoms with Crippen LogP contribution in [0.3, 0.4) is 0 Å². The van der Waals surface area contributed by atoms with Gasteiger partial charge in [0, 0.05) is 25.1 Å². The normalized spacial score (nSPS) is 20.3. The highest BCUT2D eigenvalue weighted by Crippen LogP contribution is 2.42. The number of phenols is 1. The number of barbiturate groups is 1. The molecule has 0 aromatic heterocycles. The summed E-state index contributed by atoms with van der Waals surface area (Å²) in [7, 11) is 5.81. The van der Waals surface area contributed by atoms with Crippen LogP contribution in [0.5, 0.6) is 11.5 Å². The van der Waals surface area contributed by atoms with Gasteiger partial charge in [-0.1, -0.05) is 44.9 Å². The van der Waals surface area contributed by atoms with Gasteiger partial charge in [-0.25, -0.2) is 4.79 Å². The number of amides is 5. The molecule has 1 heterocycles. The van der Waals surface area contributed by atoms with Crippen LogP contribution in [0.15, 0.2) is 61.2 Å². The lowest BCUT2D eigenvalue weighted by molar-refractivity contribution is -0.145. The van der Waals surface area contributed by atoms with Crippen molar-refractivity contribution in [2.75, 3.05) is 33.1 Å². The second-order valence-electron chi connectivity index (χ2n) is 12.5. The first-order valence-corrected chi connectivity index (χ1v) is 15.5. The maximum Gasteiger partial charge on any atom is 0.328 e. The molecule has 2 aromatic rings. The number of nitrogens with zero attached hydrogens (tertiary/aromatic N) is 1. The smallest absolute Gasteiger partial charge is 0.328 e. The Bertz CT molecular complexity index is 1320. The van der Waals surface area contributed by atoms with E-state index >= 15 is 0 Å². The number of ether oxygens (including phenoxy) is 1. The summed E-state index contributed by atoms with van der Waals surface area (Å²) in [5.74, 6) is 0.299. The molecule has 0 radical (unpaired) electrons. The van der Waals surface area contributed by atoms with Crippen molar-refractivity contribution >= 4 is 29.4 Å². The molecule has 2 atom stereocenters. The minimum Gasteiger partial charge on any atom is -0.508 e. The number of benzene rings is 2. The fourth-order valence-electron chi connectivity index (χ4n) is 5.91. The highest BCUT2D eigenvalue weighted by molar-refractivity contribution is 6.19. The molecule has 2 aromatic carbocycles. The second kappa shape index (κ2) is 17.5. The minimum absolute atomic E-state index is 0.115. The molecule has 0 spiro atoms. The predicted octanol–water partition coefficient (Wildman–Crippen LogP) is 4.95. The third kappa shape index (κ3) is 10.7. The molecular weight excluding hydrogens is 588 g/mol. The first-order chi connectivity index (χ1) is 21.7. The van der Waals surface area contributed by atoms with E-state index in [0.29, 0.717) is 18.0 Å². The minimum atomic E-state index is -1.19. The quantitative estimate of drug-likeness (QED) is 0.147. The second-order valence-corrected chi connectivity index (χ2v) is 12.5. The zero-order valence-electron chi connectivity index (χ0n) is 27.9. The number of aliphatic hydroxyl groups is 1. The van der Waals surface area contributed by atoms with Gasteiger partial charge in [0.25, 0.3) is 0 Å². The number of nitrogens with one attached hydrogen (secondary N) is 3. The molecule has 252 valence electrons. The van der Waals surface area contributed by atoms with Crippen LogP contribution in [0, 0.1) is 17.3 Å². The standard InChI is InChI=1S/C16H25NO2.C11H16N2O3.C8H9NO2/c1-17(2)12-14-7-4-5-10-16(14,18)13-8-6-9-15(11-13)19-3;1-4-5-11(6-7(2)3)8(14)12-10(16)13-9(11)15;1-6(10)9-7-2-4-8(11)5-3-7/h6,8-9,11,14,18H,4-5,7,10,12H2,1-3H3;4,7H,1,5-6H2,2-3H3,(H2,12,13,14,15,16);2-5,11H,1H3,(H,9,10)/t14-,16+;;/m1../s1. The summed E-state index contributed by atoms with van der Waals surface area (Å²) in [5.41, 5.74) is -0.213. The first-order valence-electron chi connectivity index (χ1n) is 15.5. The Hall–Kier alpha value is -4.22. The van der Waals surface area contributed by atoms with Gasteiger partial charge in [0.15, 0.2) is 0 Å². The van der Waals surface area contributed by atoms with E-state index < -0.39 is 28.9 Å². The maximum absolute atomic E-state index is 11.8. The molecular formula is C35H50N4O7. The van der Waals surface area contributed by atoms with Gasteiger partial charge in [0.2, 0.25) is 17.7 Å². The lowest BCUT2D eigenvalue weighted by atomic mass is 9.71. The Balaban J connectivity index is 0.000000249. The van der Waals surface area contributed by atoms with Gasteiger partial charge in [-0.3, -0.25) is 25.0 Å². The third-order valence-electron chi connectivity index (χ3n) is 7.95. The van der Waals surface area contributed by atoms with Crippen molar-refractivity contribution in [3.8, 4) is 11.5 Å². The maximum atomic E-state index is 11.8. The SMILES string of the molecule is C=CCC1(CC(C)C)C(=O)NC(=O)NC1=O.CC(=O)Nc1ccc(O)cc1.COc1cccc([C@@]2(O)CCCC[C@@H]2CN(C)C)c1. The van der Waals surface area contributed by atoms with Crippen LogP contribution in [0.2, 0.25) is 0 Å². The Kier molecular flexibility index (Phi) is 14.4. The van der Waals surface area contributed by atoms with Crippen LogP contribution in [0.1, 0.15) is 64.9 Å². The Labute approximate surface area is 272 Å². The molecule has 11 nitrogen and oxygen atoms in total. The highest BCUT2D eigenvalue weighted by atomic mass is 16.5. The lowest BCUT2D eigenvalue weighted by Gasteiger charge is -2.41. The Morgan fingerprint density at radius 2 is 1.74 bits per heavy atom. The number of imide groups is 2. The van der Waals surface area contributed by atoms with Gasteiger partial charge in [0.05, 0.1) is 12.7 Å². The van der Waals surface area contributed by atoms with Gasteiger partial charge < -0.3 is 25.2 Å². The average molecular weight is 639 g/mol. The molecule has 2 fully saturated rings. The van der Waals surface area contributed by atoms with Crippen LogP contribution in [-0.4, -0.2) is 66.6 Å². The van der Waals surface area contributed by atoms with Crippen LogP contribution in [0.4, 0.5) is 10.5 Å². The lowest BCUT2D eigenvalue weighted by Crippen LogP contribution is -2.62. The Morgan fingerprint density at radius 3 is 2.26 bits per heavy atom. The van der Waals surface area contributed by atoms with Gasteiger partial charge in [-0.2, -0.15) is 0 Å². The number of hydrogen-bond donors (Lipinski definition) is 5. The summed E-state index contributed by atoms with van der Waals surface area (Å²) in [5, 5.41) is 26.9. The first kappa shape index (κ1) is 38.0. The van der Waals surface area contributed by atoms with Crippen LogP contribution in [-0.2, 0) is 20.0 Å². The van der Waals surface area contributed by atoms with E-state index in [9.17, 15) is 24.3 Å². The fraction of sp³-hybridized carbons (Fsp3) is 0.486. The monoisotopic (exact) mass is 638 g/mol. The average Bonchev–Trinajstić information content (AvgIpc) is 2.98. The molecule has 1 aliphatic heterocycles. The molecule has 5 N–H and O–H groups in total. The van der Waals surface area contributed by atoms with Gasteiger partial charge in [-0.05, 0) is 87.7 Å².